The summed E-state index contributed by atoms with van der Waals surface area (Å²) in [6.07, 6.45) is 0. The number of hydrogen-bond acceptors (Lipinski definition) is 1. The SMILES string of the molecule is C[NH+]1CCOB1c1ccccc1. The number of hydrogen-bond donors (Lipinski definition) is 1. The highest BCUT2D eigenvalue weighted by Gasteiger charge is 2.37. The van der Waals surface area contributed by atoms with Crippen LogP contribution in [-0.4, -0.2) is 27.2 Å². The van der Waals surface area contributed by atoms with Gasteiger partial charge in [-0.25, -0.2) is 0 Å². The van der Waals surface area contributed by atoms with Crippen molar-refractivity contribution >= 4 is 12.5 Å². The number of quaternary nitrogens is 1. The average Bonchev–Trinajstić information content (AvgIpc) is 2.53. The summed E-state index contributed by atoms with van der Waals surface area (Å²) in [6, 6.07) is 10.4. The Morgan fingerprint density at radius 3 is 2.67 bits per heavy atom. The molecular weight excluding hydrogens is 149 g/mol. The molecule has 1 fully saturated rings. The van der Waals surface area contributed by atoms with E-state index in [0.717, 1.165) is 13.2 Å². The van der Waals surface area contributed by atoms with Gasteiger partial charge in [-0.15, -0.1) is 0 Å². The van der Waals surface area contributed by atoms with Gasteiger partial charge >= 0.3 is 7.05 Å². The third-order valence-electron chi connectivity index (χ3n) is 2.33. The molecule has 1 aliphatic heterocycles. The lowest BCUT2D eigenvalue weighted by Gasteiger charge is -2.08. The van der Waals surface area contributed by atoms with Gasteiger partial charge in [0.15, 0.2) is 0 Å². The molecule has 1 heterocycles. The van der Waals surface area contributed by atoms with Crippen molar-refractivity contribution in [1.29, 1.82) is 0 Å². The van der Waals surface area contributed by atoms with Crippen LogP contribution in [0.2, 0.25) is 0 Å². The van der Waals surface area contributed by atoms with Crippen molar-refractivity contribution in [3.05, 3.63) is 30.3 Å². The molecule has 0 bridgehead atoms. The molecule has 1 atom stereocenters. The van der Waals surface area contributed by atoms with Crippen LogP contribution < -0.4 is 10.3 Å². The van der Waals surface area contributed by atoms with E-state index in [1.165, 1.54) is 10.3 Å². The zero-order valence-electron chi connectivity index (χ0n) is 7.29. The van der Waals surface area contributed by atoms with Crippen LogP contribution in [0.1, 0.15) is 0 Å². The lowest BCUT2D eigenvalue weighted by molar-refractivity contribution is -0.757. The molecule has 0 aromatic heterocycles. The average molecular weight is 162 g/mol. The van der Waals surface area contributed by atoms with Crippen LogP contribution in [0.5, 0.6) is 0 Å². The first-order valence-corrected chi connectivity index (χ1v) is 4.37. The molecule has 0 radical (unpaired) electrons. The van der Waals surface area contributed by atoms with Crippen LogP contribution >= 0.6 is 0 Å². The summed E-state index contributed by atoms with van der Waals surface area (Å²) in [7, 11) is 2.43. The Labute approximate surface area is 73.3 Å². The fourth-order valence-electron chi connectivity index (χ4n) is 1.62. The third kappa shape index (κ3) is 1.38. The highest BCUT2D eigenvalue weighted by Crippen LogP contribution is 1.88. The molecule has 1 saturated heterocycles. The van der Waals surface area contributed by atoms with Gasteiger partial charge in [-0.3, -0.25) is 0 Å². The van der Waals surface area contributed by atoms with Crippen molar-refractivity contribution in [2.75, 3.05) is 20.2 Å². The Morgan fingerprint density at radius 2 is 2.08 bits per heavy atom. The molecule has 2 nitrogen and oxygen atoms in total. The molecule has 1 aromatic carbocycles. The van der Waals surface area contributed by atoms with Gasteiger partial charge in [0.25, 0.3) is 0 Å². The van der Waals surface area contributed by atoms with Gasteiger partial charge in [-0.05, 0) is 0 Å². The Bertz CT molecular complexity index is 252. The summed E-state index contributed by atoms with van der Waals surface area (Å²) in [6.45, 7) is 1.99. The monoisotopic (exact) mass is 162 g/mol. The van der Waals surface area contributed by atoms with E-state index in [0.29, 0.717) is 0 Å². The largest absolute Gasteiger partial charge is 0.609 e. The van der Waals surface area contributed by atoms with E-state index >= 15 is 0 Å². The van der Waals surface area contributed by atoms with Crippen molar-refractivity contribution in [3.63, 3.8) is 0 Å². The molecule has 3 heteroatoms. The van der Waals surface area contributed by atoms with Gasteiger partial charge in [0.1, 0.15) is 0 Å². The van der Waals surface area contributed by atoms with Gasteiger partial charge in [0.05, 0.1) is 20.2 Å². The summed E-state index contributed by atoms with van der Waals surface area (Å²) in [5, 5.41) is 0. The number of nitrogens with one attached hydrogen (secondary N) is 1. The smallest absolute Gasteiger partial charge is 0.374 e. The number of likely N-dealkylation sites (N-methyl/N-ethyl adjacent to an activating group) is 1. The van der Waals surface area contributed by atoms with Gasteiger partial charge in [-0.2, -0.15) is 0 Å². The highest BCUT2D eigenvalue weighted by atomic mass is 16.5. The van der Waals surface area contributed by atoms with E-state index in [1.807, 2.05) is 6.07 Å². The maximum atomic E-state index is 5.61. The summed E-state index contributed by atoms with van der Waals surface area (Å²) in [5.41, 5.74) is 1.28. The predicted octanol–water partition coefficient (Wildman–Crippen LogP) is -1.07. The van der Waals surface area contributed by atoms with Crippen LogP contribution in [0.25, 0.3) is 0 Å². The van der Waals surface area contributed by atoms with Gasteiger partial charge in [-0.1, -0.05) is 30.3 Å². The molecule has 0 saturated carbocycles. The van der Waals surface area contributed by atoms with Crippen molar-refractivity contribution < 1.29 is 9.47 Å². The number of rotatable bonds is 1. The van der Waals surface area contributed by atoms with E-state index in [2.05, 4.69) is 31.3 Å². The minimum Gasteiger partial charge on any atom is -0.374 e. The van der Waals surface area contributed by atoms with E-state index in [-0.39, 0.29) is 7.05 Å². The van der Waals surface area contributed by atoms with E-state index in [1.54, 1.807) is 0 Å². The molecule has 1 unspecified atom stereocenters. The molecule has 0 amide bonds. The fraction of sp³-hybridized carbons (Fsp3) is 0.333. The van der Waals surface area contributed by atoms with Gasteiger partial charge in [0, 0.05) is 5.46 Å². The minimum absolute atomic E-state index is 0.256. The van der Waals surface area contributed by atoms with Gasteiger partial charge in [0.2, 0.25) is 0 Å². The molecular formula is C9H13BNO+. The van der Waals surface area contributed by atoms with Crippen LogP contribution in [0.3, 0.4) is 0 Å². The lowest BCUT2D eigenvalue weighted by atomic mass is 9.73. The first-order chi connectivity index (χ1) is 5.88. The van der Waals surface area contributed by atoms with Crippen molar-refractivity contribution in [2.24, 2.45) is 0 Å². The highest BCUT2D eigenvalue weighted by molar-refractivity contribution is 6.59. The van der Waals surface area contributed by atoms with Crippen molar-refractivity contribution in [2.45, 2.75) is 0 Å². The molecule has 2 rings (SSSR count). The number of benzene rings is 1. The molecule has 0 spiro atoms. The van der Waals surface area contributed by atoms with E-state index in [9.17, 15) is 0 Å². The Morgan fingerprint density at radius 1 is 1.33 bits per heavy atom. The minimum atomic E-state index is 0.256. The zero-order valence-corrected chi connectivity index (χ0v) is 7.29. The maximum absolute atomic E-state index is 5.61. The molecule has 0 aliphatic carbocycles. The summed E-state index contributed by atoms with van der Waals surface area (Å²) < 4.78 is 5.61. The lowest BCUT2D eigenvalue weighted by Crippen LogP contribution is -3.15. The summed E-state index contributed by atoms with van der Waals surface area (Å²) in [4.78, 5) is 1.45. The predicted molar refractivity (Wildman–Crippen MR) is 49.5 cm³/mol. The van der Waals surface area contributed by atoms with Crippen LogP contribution in [0.4, 0.5) is 0 Å². The maximum Gasteiger partial charge on any atom is 0.609 e. The summed E-state index contributed by atoms with van der Waals surface area (Å²) in [5.74, 6) is 0. The van der Waals surface area contributed by atoms with E-state index < -0.39 is 0 Å². The summed E-state index contributed by atoms with van der Waals surface area (Å²) >= 11 is 0. The van der Waals surface area contributed by atoms with Crippen molar-refractivity contribution in [1.82, 2.24) is 0 Å². The Balaban J connectivity index is 2.19. The standard InChI is InChI=1S/C9H12BNO/c1-11-7-8-12-10(11)9-5-3-2-4-6-9/h2-6H,7-8H2,1H3/p+1. The molecule has 62 valence electrons. The molecule has 1 N–H and O–H groups in total. The van der Waals surface area contributed by atoms with Gasteiger partial charge < -0.3 is 9.47 Å². The first kappa shape index (κ1) is 7.83. The van der Waals surface area contributed by atoms with E-state index in [4.69, 9.17) is 4.65 Å². The van der Waals surface area contributed by atoms with Crippen molar-refractivity contribution in [3.8, 4) is 0 Å². The molecule has 12 heavy (non-hydrogen) atoms. The second-order valence-corrected chi connectivity index (χ2v) is 3.26. The molecule has 1 aromatic rings. The topological polar surface area (TPSA) is 13.7 Å². The van der Waals surface area contributed by atoms with Crippen LogP contribution in [-0.2, 0) is 4.65 Å². The fourth-order valence-corrected chi connectivity index (χ4v) is 1.62. The normalized spacial score (nSPS) is 23.1. The second-order valence-electron chi connectivity index (χ2n) is 3.26. The molecule has 1 aliphatic rings. The zero-order chi connectivity index (χ0) is 8.39. The quantitative estimate of drug-likeness (QED) is 0.519. The third-order valence-corrected chi connectivity index (χ3v) is 2.33. The Kier molecular flexibility index (Phi) is 2.15. The van der Waals surface area contributed by atoms with Crippen LogP contribution in [0, 0.1) is 0 Å². The van der Waals surface area contributed by atoms with Crippen LogP contribution in [0.15, 0.2) is 30.3 Å². The second kappa shape index (κ2) is 3.29. The first-order valence-electron chi connectivity index (χ1n) is 4.37. The Hall–Kier alpha value is -0.795.